The second-order valence-corrected chi connectivity index (χ2v) is 7.83. The van der Waals surface area contributed by atoms with Crippen LogP contribution in [0.3, 0.4) is 0 Å². The third-order valence-electron chi connectivity index (χ3n) is 4.49. The van der Waals surface area contributed by atoms with Crippen molar-refractivity contribution in [2.75, 3.05) is 26.2 Å². The van der Waals surface area contributed by atoms with E-state index in [0.29, 0.717) is 13.1 Å². The summed E-state index contributed by atoms with van der Waals surface area (Å²) in [5.41, 5.74) is 0. The molecule has 1 aliphatic heterocycles. The van der Waals surface area contributed by atoms with Crippen LogP contribution in [-0.4, -0.2) is 54.4 Å². The summed E-state index contributed by atoms with van der Waals surface area (Å²) in [6.45, 7) is 1.42. The smallest absolute Gasteiger partial charge is 0.282 e. The fraction of sp³-hybridized carbons (Fsp3) is 1.00. The van der Waals surface area contributed by atoms with Crippen LogP contribution >= 0.6 is 0 Å². The van der Waals surface area contributed by atoms with Crippen LogP contribution in [0.1, 0.15) is 57.8 Å². The summed E-state index contributed by atoms with van der Waals surface area (Å²) in [6, 6.07) is 0.0872. The highest BCUT2D eigenvalue weighted by Gasteiger charge is 2.35. The predicted octanol–water partition coefficient (Wildman–Crippen LogP) is 1.73. The lowest BCUT2D eigenvalue weighted by molar-refractivity contribution is 0.189. The van der Waals surface area contributed by atoms with Crippen LogP contribution in [0.2, 0.25) is 0 Å². The zero-order valence-corrected chi connectivity index (χ0v) is 13.2. The van der Waals surface area contributed by atoms with Crippen LogP contribution < -0.4 is 0 Å². The first kappa shape index (κ1) is 16.2. The van der Waals surface area contributed by atoms with Gasteiger partial charge in [0.2, 0.25) is 0 Å². The van der Waals surface area contributed by atoms with Gasteiger partial charge < -0.3 is 5.11 Å². The van der Waals surface area contributed by atoms with Gasteiger partial charge in [0.15, 0.2) is 0 Å². The quantitative estimate of drug-likeness (QED) is 0.841. The Kier molecular flexibility index (Phi) is 6.26. The van der Waals surface area contributed by atoms with Gasteiger partial charge in [-0.25, -0.2) is 0 Å². The Bertz CT molecular complexity index is 372. The van der Waals surface area contributed by atoms with Crippen LogP contribution in [0.4, 0.5) is 0 Å². The number of rotatable bonds is 5. The molecule has 1 saturated heterocycles. The van der Waals surface area contributed by atoms with E-state index in [-0.39, 0.29) is 19.2 Å². The van der Waals surface area contributed by atoms with Crippen LogP contribution in [0.5, 0.6) is 0 Å². The molecule has 0 bridgehead atoms. The molecule has 0 aromatic heterocycles. The van der Waals surface area contributed by atoms with Gasteiger partial charge in [-0.3, -0.25) is 0 Å². The number of aliphatic hydroxyl groups excluding tert-OH is 1. The van der Waals surface area contributed by atoms with E-state index in [1.807, 2.05) is 0 Å². The van der Waals surface area contributed by atoms with Crippen LogP contribution in [0.15, 0.2) is 0 Å². The first-order valence-electron chi connectivity index (χ1n) is 8.04. The summed E-state index contributed by atoms with van der Waals surface area (Å²) in [4.78, 5) is 0. The van der Waals surface area contributed by atoms with E-state index in [2.05, 4.69) is 0 Å². The third kappa shape index (κ3) is 3.93. The van der Waals surface area contributed by atoms with E-state index >= 15 is 0 Å². The van der Waals surface area contributed by atoms with Gasteiger partial charge in [-0.05, 0) is 25.7 Å². The Morgan fingerprint density at radius 2 is 1.50 bits per heavy atom. The van der Waals surface area contributed by atoms with Gasteiger partial charge in [-0.15, -0.1) is 0 Å². The van der Waals surface area contributed by atoms with Crippen molar-refractivity contribution in [1.82, 2.24) is 8.61 Å². The van der Waals surface area contributed by atoms with Crippen LogP contribution in [0.25, 0.3) is 0 Å². The van der Waals surface area contributed by atoms with E-state index in [1.54, 1.807) is 8.61 Å². The second kappa shape index (κ2) is 7.73. The minimum atomic E-state index is -3.40. The van der Waals surface area contributed by atoms with Crippen molar-refractivity contribution in [3.63, 3.8) is 0 Å². The Morgan fingerprint density at radius 3 is 2.05 bits per heavy atom. The molecule has 118 valence electrons. The maximum Gasteiger partial charge on any atom is 0.282 e. The monoisotopic (exact) mass is 304 g/mol. The highest BCUT2D eigenvalue weighted by atomic mass is 32.2. The summed E-state index contributed by atoms with van der Waals surface area (Å²) in [5, 5.41) is 9.26. The fourth-order valence-corrected chi connectivity index (χ4v) is 5.29. The van der Waals surface area contributed by atoms with Crippen LogP contribution in [0, 0.1) is 0 Å². The minimum Gasteiger partial charge on any atom is -0.395 e. The van der Waals surface area contributed by atoms with Gasteiger partial charge in [0.05, 0.1) is 6.61 Å². The molecule has 2 fully saturated rings. The molecular formula is C14H28N2O3S. The molecule has 0 radical (unpaired) electrons. The molecule has 20 heavy (non-hydrogen) atoms. The molecule has 1 saturated carbocycles. The first-order valence-corrected chi connectivity index (χ1v) is 9.44. The van der Waals surface area contributed by atoms with E-state index < -0.39 is 10.2 Å². The molecule has 0 unspecified atom stereocenters. The van der Waals surface area contributed by atoms with E-state index in [1.165, 1.54) is 6.42 Å². The second-order valence-electron chi connectivity index (χ2n) is 5.95. The average molecular weight is 304 g/mol. The van der Waals surface area contributed by atoms with E-state index in [4.69, 9.17) is 0 Å². The maximum absolute atomic E-state index is 12.9. The van der Waals surface area contributed by atoms with Gasteiger partial charge >= 0.3 is 0 Å². The van der Waals surface area contributed by atoms with Gasteiger partial charge in [0.1, 0.15) is 0 Å². The summed E-state index contributed by atoms with van der Waals surface area (Å²) in [5.74, 6) is 0. The summed E-state index contributed by atoms with van der Waals surface area (Å²) < 4.78 is 29.0. The summed E-state index contributed by atoms with van der Waals surface area (Å²) in [7, 11) is -3.40. The molecule has 0 spiro atoms. The van der Waals surface area contributed by atoms with E-state index in [9.17, 15) is 13.5 Å². The molecule has 0 amide bonds. The lowest BCUT2D eigenvalue weighted by atomic mass is 9.95. The SMILES string of the molecule is O=S(=O)(N1CCCCCC1)N(CCO)C1CCCCC1. The zero-order valence-electron chi connectivity index (χ0n) is 12.3. The standard InChI is InChI=1S/C14H28N2O3S/c17-13-12-16(14-8-4-3-5-9-14)20(18,19)15-10-6-1-2-7-11-15/h14,17H,1-13H2. The lowest BCUT2D eigenvalue weighted by Crippen LogP contribution is -2.50. The van der Waals surface area contributed by atoms with Crippen molar-refractivity contribution in [2.45, 2.75) is 63.8 Å². The maximum atomic E-state index is 12.9. The molecule has 5 nitrogen and oxygen atoms in total. The average Bonchev–Trinajstić information content (AvgIpc) is 2.75. The van der Waals surface area contributed by atoms with Crippen molar-refractivity contribution in [1.29, 1.82) is 0 Å². The highest BCUT2D eigenvalue weighted by molar-refractivity contribution is 7.86. The summed E-state index contributed by atoms with van der Waals surface area (Å²) in [6.07, 6.45) is 9.43. The highest BCUT2D eigenvalue weighted by Crippen LogP contribution is 2.26. The van der Waals surface area contributed by atoms with Gasteiger partial charge in [-0.1, -0.05) is 32.1 Å². The molecule has 0 atom stereocenters. The van der Waals surface area contributed by atoms with Crippen molar-refractivity contribution in [3.05, 3.63) is 0 Å². The number of nitrogens with zero attached hydrogens (tertiary/aromatic N) is 2. The Hall–Kier alpha value is -0.170. The van der Waals surface area contributed by atoms with Gasteiger partial charge in [-0.2, -0.15) is 17.0 Å². The molecule has 2 rings (SSSR count). The molecule has 1 N–H and O–H groups in total. The zero-order chi connectivity index (χ0) is 14.4. The van der Waals surface area contributed by atoms with Crippen molar-refractivity contribution in [3.8, 4) is 0 Å². The molecule has 1 aliphatic carbocycles. The van der Waals surface area contributed by atoms with E-state index in [0.717, 1.165) is 51.4 Å². The molecule has 2 aliphatic rings. The lowest BCUT2D eigenvalue weighted by Gasteiger charge is -2.36. The Balaban J connectivity index is 2.12. The van der Waals surface area contributed by atoms with Crippen molar-refractivity contribution < 1.29 is 13.5 Å². The largest absolute Gasteiger partial charge is 0.395 e. The first-order chi connectivity index (χ1) is 9.66. The predicted molar refractivity (Wildman–Crippen MR) is 79.6 cm³/mol. The van der Waals surface area contributed by atoms with Crippen LogP contribution in [-0.2, 0) is 10.2 Å². The Labute approximate surface area is 123 Å². The number of hydrogen-bond donors (Lipinski definition) is 1. The normalized spacial score (nSPS) is 23.9. The molecular weight excluding hydrogens is 276 g/mol. The molecule has 6 heteroatoms. The van der Waals surface area contributed by atoms with Crippen molar-refractivity contribution in [2.24, 2.45) is 0 Å². The topological polar surface area (TPSA) is 60.9 Å². The number of aliphatic hydroxyl groups is 1. The van der Waals surface area contributed by atoms with Crippen molar-refractivity contribution >= 4 is 10.2 Å². The number of hydrogen-bond acceptors (Lipinski definition) is 3. The summed E-state index contributed by atoms with van der Waals surface area (Å²) >= 11 is 0. The van der Waals surface area contributed by atoms with Gasteiger partial charge in [0.25, 0.3) is 10.2 Å². The molecule has 1 heterocycles. The van der Waals surface area contributed by atoms with Gasteiger partial charge in [0, 0.05) is 25.7 Å². The fourth-order valence-electron chi connectivity index (χ4n) is 3.37. The minimum absolute atomic E-state index is 0.0872. The molecule has 0 aromatic carbocycles. The molecule has 0 aromatic rings. The Morgan fingerprint density at radius 1 is 0.950 bits per heavy atom. The third-order valence-corrected chi connectivity index (χ3v) is 6.58.